The molecule has 1 aliphatic carbocycles. The number of hydrogen-bond donors (Lipinski definition) is 1. The predicted molar refractivity (Wildman–Crippen MR) is 132 cm³/mol. The van der Waals surface area contributed by atoms with Gasteiger partial charge in [0.1, 0.15) is 0 Å². The van der Waals surface area contributed by atoms with Crippen LogP contribution in [0.1, 0.15) is 55.7 Å². The fourth-order valence-corrected chi connectivity index (χ4v) is 4.60. The molecule has 0 aliphatic heterocycles. The molecule has 4 rings (SSSR count). The lowest BCUT2D eigenvalue weighted by molar-refractivity contribution is -0.122. The van der Waals surface area contributed by atoms with Crippen LogP contribution in [0.15, 0.2) is 61.1 Å². The number of nitrogens with zero attached hydrogens (tertiary/aromatic N) is 4. The molecule has 2 aromatic heterocycles. The SMILES string of the molecule is C[C@@H](C(=O)NCC1CCC(c2nc(N(C)C)ncc2-c2ccncc2)CC1)c1ccccc1. The van der Waals surface area contributed by atoms with E-state index >= 15 is 0 Å². The van der Waals surface area contributed by atoms with Gasteiger partial charge >= 0.3 is 0 Å². The first-order valence-electron chi connectivity index (χ1n) is 11.8. The summed E-state index contributed by atoms with van der Waals surface area (Å²) in [6.45, 7) is 2.71. The molecular weight excluding hydrogens is 410 g/mol. The number of benzene rings is 1. The van der Waals surface area contributed by atoms with E-state index in [1.54, 1.807) is 0 Å². The summed E-state index contributed by atoms with van der Waals surface area (Å²) in [5.74, 6) is 1.62. The summed E-state index contributed by atoms with van der Waals surface area (Å²) in [5.41, 5.74) is 4.38. The van der Waals surface area contributed by atoms with Crippen LogP contribution in [0.5, 0.6) is 0 Å². The largest absolute Gasteiger partial charge is 0.355 e. The average molecular weight is 444 g/mol. The number of carbonyl (C=O) groups is 1. The molecule has 2 heterocycles. The van der Waals surface area contributed by atoms with Gasteiger partial charge in [-0.05, 0) is 61.8 Å². The Labute approximate surface area is 196 Å². The molecule has 1 fully saturated rings. The van der Waals surface area contributed by atoms with Gasteiger partial charge in [-0.15, -0.1) is 0 Å². The van der Waals surface area contributed by atoms with Gasteiger partial charge in [0.05, 0.1) is 11.6 Å². The highest BCUT2D eigenvalue weighted by molar-refractivity contribution is 5.83. The van der Waals surface area contributed by atoms with Crippen molar-refractivity contribution in [2.24, 2.45) is 5.92 Å². The topological polar surface area (TPSA) is 71.0 Å². The first-order chi connectivity index (χ1) is 16.0. The molecule has 6 nitrogen and oxygen atoms in total. The smallest absolute Gasteiger partial charge is 0.227 e. The molecule has 172 valence electrons. The summed E-state index contributed by atoms with van der Waals surface area (Å²) < 4.78 is 0. The third-order valence-electron chi connectivity index (χ3n) is 6.69. The van der Waals surface area contributed by atoms with Crippen molar-refractivity contribution in [3.63, 3.8) is 0 Å². The zero-order chi connectivity index (χ0) is 23.2. The molecule has 0 spiro atoms. The molecule has 3 aromatic rings. The van der Waals surface area contributed by atoms with Crippen molar-refractivity contribution < 1.29 is 4.79 Å². The van der Waals surface area contributed by atoms with E-state index in [4.69, 9.17) is 4.98 Å². The number of anilines is 1. The first kappa shape index (κ1) is 22.9. The minimum atomic E-state index is -0.129. The highest BCUT2D eigenvalue weighted by Gasteiger charge is 2.27. The van der Waals surface area contributed by atoms with E-state index in [0.29, 0.717) is 11.8 Å². The Morgan fingerprint density at radius 1 is 1.06 bits per heavy atom. The lowest BCUT2D eigenvalue weighted by Crippen LogP contribution is -2.33. The number of hydrogen-bond acceptors (Lipinski definition) is 5. The Morgan fingerprint density at radius 2 is 1.76 bits per heavy atom. The van der Waals surface area contributed by atoms with E-state index in [2.05, 4.69) is 15.3 Å². The monoisotopic (exact) mass is 443 g/mol. The van der Waals surface area contributed by atoms with Gasteiger partial charge in [0.15, 0.2) is 0 Å². The van der Waals surface area contributed by atoms with Crippen LogP contribution in [0.2, 0.25) is 0 Å². The summed E-state index contributed by atoms with van der Waals surface area (Å²) in [5, 5.41) is 3.19. The van der Waals surface area contributed by atoms with Crippen LogP contribution in [-0.2, 0) is 4.79 Å². The lowest BCUT2D eigenvalue weighted by Gasteiger charge is -2.30. The fourth-order valence-electron chi connectivity index (χ4n) is 4.60. The molecule has 1 atom stereocenters. The summed E-state index contributed by atoms with van der Waals surface area (Å²) in [4.78, 5) is 28.3. The van der Waals surface area contributed by atoms with Crippen LogP contribution >= 0.6 is 0 Å². The highest BCUT2D eigenvalue weighted by atomic mass is 16.1. The fraction of sp³-hybridized carbons (Fsp3) is 0.407. The molecule has 0 saturated heterocycles. The van der Waals surface area contributed by atoms with E-state index in [1.165, 1.54) is 0 Å². The third kappa shape index (κ3) is 5.56. The summed E-state index contributed by atoms with van der Waals surface area (Å²) in [6.07, 6.45) is 9.88. The number of carbonyl (C=O) groups excluding carboxylic acids is 1. The van der Waals surface area contributed by atoms with Gasteiger partial charge in [0, 0.05) is 50.7 Å². The van der Waals surface area contributed by atoms with Gasteiger partial charge in [-0.2, -0.15) is 0 Å². The van der Waals surface area contributed by atoms with Crippen LogP contribution in [0.25, 0.3) is 11.1 Å². The molecule has 0 unspecified atom stereocenters. The van der Waals surface area contributed by atoms with E-state index in [-0.39, 0.29) is 11.8 Å². The van der Waals surface area contributed by atoms with Gasteiger partial charge in [-0.3, -0.25) is 9.78 Å². The van der Waals surface area contributed by atoms with Crippen molar-refractivity contribution in [3.8, 4) is 11.1 Å². The Morgan fingerprint density at radius 3 is 2.42 bits per heavy atom. The minimum Gasteiger partial charge on any atom is -0.355 e. The summed E-state index contributed by atoms with van der Waals surface area (Å²) in [6, 6.07) is 14.0. The van der Waals surface area contributed by atoms with Crippen molar-refractivity contribution in [3.05, 3.63) is 72.3 Å². The van der Waals surface area contributed by atoms with Crippen LogP contribution in [0.3, 0.4) is 0 Å². The quantitative estimate of drug-likeness (QED) is 0.568. The first-order valence-corrected chi connectivity index (χ1v) is 11.8. The van der Waals surface area contributed by atoms with Gasteiger partial charge in [0.25, 0.3) is 0 Å². The lowest BCUT2D eigenvalue weighted by atomic mass is 9.79. The zero-order valence-electron chi connectivity index (χ0n) is 19.7. The maximum atomic E-state index is 12.6. The molecule has 0 bridgehead atoms. The summed E-state index contributed by atoms with van der Waals surface area (Å²) >= 11 is 0. The minimum absolute atomic E-state index is 0.106. The number of amides is 1. The normalized spacial score (nSPS) is 19.0. The predicted octanol–water partition coefficient (Wildman–Crippen LogP) is 4.80. The van der Waals surface area contributed by atoms with Crippen molar-refractivity contribution in [2.75, 3.05) is 25.5 Å². The van der Waals surface area contributed by atoms with E-state index in [1.807, 2.05) is 87.0 Å². The van der Waals surface area contributed by atoms with Gasteiger partial charge in [-0.1, -0.05) is 30.3 Å². The number of rotatable bonds is 7. The highest BCUT2D eigenvalue weighted by Crippen LogP contribution is 2.39. The molecule has 0 radical (unpaired) electrons. The van der Waals surface area contributed by atoms with Crippen LogP contribution in [0.4, 0.5) is 5.95 Å². The van der Waals surface area contributed by atoms with E-state index in [9.17, 15) is 4.79 Å². The molecule has 1 N–H and O–H groups in total. The van der Waals surface area contributed by atoms with Crippen molar-refractivity contribution >= 4 is 11.9 Å². The maximum absolute atomic E-state index is 12.6. The standard InChI is InChI=1S/C27H33N5O/c1-19(21-7-5-4-6-8-21)26(33)29-17-20-9-11-23(12-10-20)25-24(22-13-15-28-16-14-22)18-30-27(31-25)32(2)3/h4-8,13-16,18-20,23H,9-12,17H2,1-3H3,(H,29,33)/t19-,20?,23?/m1/s1. The van der Waals surface area contributed by atoms with Crippen molar-refractivity contribution in [1.29, 1.82) is 0 Å². The number of pyridine rings is 1. The number of aromatic nitrogens is 3. The van der Waals surface area contributed by atoms with E-state index in [0.717, 1.165) is 60.6 Å². The van der Waals surface area contributed by atoms with E-state index < -0.39 is 0 Å². The van der Waals surface area contributed by atoms with Crippen LogP contribution < -0.4 is 10.2 Å². The zero-order valence-corrected chi connectivity index (χ0v) is 19.7. The van der Waals surface area contributed by atoms with Crippen molar-refractivity contribution in [1.82, 2.24) is 20.3 Å². The molecular formula is C27H33N5O. The Hall–Kier alpha value is -3.28. The van der Waals surface area contributed by atoms with Gasteiger partial charge < -0.3 is 10.2 Å². The Balaban J connectivity index is 1.39. The van der Waals surface area contributed by atoms with Gasteiger partial charge in [-0.25, -0.2) is 9.97 Å². The Bertz CT molecular complexity index is 1050. The molecule has 1 amide bonds. The molecule has 1 aromatic carbocycles. The Kier molecular flexibility index (Phi) is 7.33. The second-order valence-electron chi connectivity index (χ2n) is 9.19. The maximum Gasteiger partial charge on any atom is 0.227 e. The van der Waals surface area contributed by atoms with Gasteiger partial charge in [0.2, 0.25) is 11.9 Å². The number of nitrogens with one attached hydrogen (secondary N) is 1. The second kappa shape index (κ2) is 10.6. The molecule has 33 heavy (non-hydrogen) atoms. The second-order valence-corrected chi connectivity index (χ2v) is 9.19. The van der Waals surface area contributed by atoms with Crippen molar-refractivity contribution in [2.45, 2.75) is 44.4 Å². The average Bonchev–Trinajstić information content (AvgIpc) is 2.87. The third-order valence-corrected chi connectivity index (χ3v) is 6.69. The molecule has 1 saturated carbocycles. The van der Waals surface area contributed by atoms with Crippen LogP contribution in [0, 0.1) is 5.92 Å². The van der Waals surface area contributed by atoms with Crippen LogP contribution in [-0.4, -0.2) is 41.5 Å². The molecule has 6 heteroatoms. The molecule has 1 aliphatic rings. The summed E-state index contributed by atoms with van der Waals surface area (Å²) in [7, 11) is 3.95.